The monoisotopic (exact) mass is 295 g/mol. The highest BCUT2D eigenvalue weighted by Crippen LogP contribution is 2.28. The molecule has 0 saturated heterocycles. The number of nitrogens with zero attached hydrogens (tertiary/aromatic N) is 2. The van der Waals surface area contributed by atoms with Gasteiger partial charge in [-0.2, -0.15) is 18.7 Å². The Bertz CT molecular complexity index is 609. The Morgan fingerprint density at radius 2 is 1.95 bits per heavy atom. The summed E-state index contributed by atoms with van der Waals surface area (Å²) in [7, 11) is 0. The molecule has 0 fully saturated rings. The van der Waals surface area contributed by atoms with E-state index >= 15 is 0 Å². The number of anilines is 4. The number of alkyl halides is 2. The number of nitrogens with two attached hydrogens (primary N) is 1. The number of para-hydroxylation sites is 2. The minimum absolute atomic E-state index is 0.0229. The molecule has 1 aromatic carbocycles. The van der Waals surface area contributed by atoms with Gasteiger partial charge < -0.3 is 21.1 Å². The lowest BCUT2D eigenvalue weighted by Gasteiger charge is -2.13. The normalized spacial score (nSPS) is 10.5. The summed E-state index contributed by atoms with van der Waals surface area (Å²) < 4.78 is 29.2. The van der Waals surface area contributed by atoms with Crippen LogP contribution < -0.4 is 21.1 Å². The van der Waals surface area contributed by atoms with Crippen molar-refractivity contribution >= 4 is 23.3 Å². The fourth-order valence-electron chi connectivity index (χ4n) is 1.71. The van der Waals surface area contributed by atoms with E-state index in [4.69, 9.17) is 5.73 Å². The lowest BCUT2D eigenvalue weighted by atomic mass is 10.3. The lowest BCUT2D eigenvalue weighted by molar-refractivity contribution is -0.0493. The van der Waals surface area contributed by atoms with Crippen LogP contribution in [0, 0.1) is 0 Å². The Kier molecular flexibility index (Phi) is 4.70. The van der Waals surface area contributed by atoms with Gasteiger partial charge >= 0.3 is 6.61 Å². The van der Waals surface area contributed by atoms with Gasteiger partial charge in [-0.25, -0.2) is 0 Å². The maximum absolute atomic E-state index is 12.4. The Hall–Kier alpha value is -2.64. The zero-order chi connectivity index (χ0) is 15.2. The van der Waals surface area contributed by atoms with Crippen LogP contribution in [0.1, 0.15) is 6.92 Å². The first-order chi connectivity index (χ1) is 10.1. The van der Waals surface area contributed by atoms with Gasteiger partial charge in [0, 0.05) is 12.6 Å². The third kappa shape index (κ3) is 4.16. The Morgan fingerprint density at radius 1 is 1.24 bits per heavy atom. The second-order valence-electron chi connectivity index (χ2n) is 4.03. The van der Waals surface area contributed by atoms with Gasteiger partial charge in [-0.05, 0) is 19.1 Å². The molecule has 1 heterocycles. The Labute approximate surface area is 120 Å². The van der Waals surface area contributed by atoms with Gasteiger partial charge in [0.05, 0.1) is 5.69 Å². The van der Waals surface area contributed by atoms with E-state index < -0.39 is 6.61 Å². The molecule has 0 aliphatic carbocycles. The molecule has 0 aliphatic rings. The van der Waals surface area contributed by atoms with Crippen LogP contribution in [0.4, 0.5) is 32.1 Å². The Balaban J connectivity index is 2.25. The number of ether oxygens (including phenoxy) is 1. The van der Waals surface area contributed by atoms with Gasteiger partial charge in [0.1, 0.15) is 17.4 Å². The molecule has 0 radical (unpaired) electrons. The van der Waals surface area contributed by atoms with Crippen molar-refractivity contribution in [2.24, 2.45) is 0 Å². The molecule has 0 saturated carbocycles. The van der Waals surface area contributed by atoms with Crippen LogP contribution in [-0.4, -0.2) is 23.1 Å². The minimum atomic E-state index is -2.90. The van der Waals surface area contributed by atoms with Crippen molar-refractivity contribution in [1.29, 1.82) is 0 Å². The second-order valence-corrected chi connectivity index (χ2v) is 4.03. The molecular weight excluding hydrogens is 280 g/mol. The summed E-state index contributed by atoms with van der Waals surface area (Å²) in [6, 6.07) is 7.95. The highest BCUT2D eigenvalue weighted by atomic mass is 19.3. The molecule has 21 heavy (non-hydrogen) atoms. The second kappa shape index (κ2) is 6.69. The van der Waals surface area contributed by atoms with Crippen LogP contribution in [0.2, 0.25) is 0 Å². The van der Waals surface area contributed by atoms with Crippen molar-refractivity contribution < 1.29 is 13.5 Å². The fourth-order valence-corrected chi connectivity index (χ4v) is 1.71. The van der Waals surface area contributed by atoms with E-state index in [0.29, 0.717) is 23.9 Å². The van der Waals surface area contributed by atoms with Crippen LogP contribution in [0.5, 0.6) is 5.75 Å². The van der Waals surface area contributed by atoms with Crippen LogP contribution in [0.25, 0.3) is 0 Å². The number of benzene rings is 1. The molecule has 4 N–H and O–H groups in total. The highest BCUT2D eigenvalue weighted by molar-refractivity contribution is 5.66. The summed E-state index contributed by atoms with van der Waals surface area (Å²) >= 11 is 0. The first-order valence-corrected chi connectivity index (χ1v) is 6.27. The number of hydrogen-bond acceptors (Lipinski definition) is 6. The first-order valence-electron chi connectivity index (χ1n) is 6.27. The van der Waals surface area contributed by atoms with Gasteiger partial charge in [-0.3, -0.25) is 0 Å². The highest BCUT2D eigenvalue weighted by Gasteiger charge is 2.10. The fraction of sp³-hybridized carbons (Fsp3) is 0.231. The number of halogens is 2. The number of nitrogens with one attached hydrogen (secondary N) is 2. The van der Waals surface area contributed by atoms with Gasteiger partial charge in [0.25, 0.3) is 0 Å². The largest absolute Gasteiger partial charge is 0.433 e. The summed E-state index contributed by atoms with van der Waals surface area (Å²) in [5.74, 6) is 1.02. The third-order valence-electron chi connectivity index (χ3n) is 2.47. The summed E-state index contributed by atoms with van der Waals surface area (Å²) in [5.41, 5.74) is 5.97. The average Bonchev–Trinajstić information content (AvgIpc) is 2.40. The molecule has 0 bridgehead atoms. The van der Waals surface area contributed by atoms with E-state index in [-0.39, 0.29) is 11.7 Å². The van der Waals surface area contributed by atoms with E-state index in [9.17, 15) is 8.78 Å². The van der Waals surface area contributed by atoms with Crippen molar-refractivity contribution in [3.8, 4) is 5.75 Å². The molecule has 0 unspecified atom stereocenters. The van der Waals surface area contributed by atoms with E-state index in [1.807, 2.05) is 6.92 Å². The molecule has 0 aliphatic heterocycles. The van der Waals surface area contributed by atoms with Gasteiger partial charge in [-0.15, -0.1) is 0 Å². The van der Waals surface area contributed by atoms with Crippen molar-refractivity contribution in [3.63, 3.8) is 0 Å². The third-order valence-corrected chi connectivity index (χ3v) is 2.47. The molecule has 0 atom stereocenters. The van der Waals surface area contributed by atoms with E-state index in [2.05, 4.69) is 25.3 Å². The van der Waals surface area contributed by atoms with Crippen molar-refractivity contribution in [2.45, 2.75) is 13.5 Å². The molecule has 0 amide bonds. The zero-order valence-electron chi connectivity index (χ0n) is 11.3. The zero-order valence-corrected chi connectivity index (χ0v) is 11.3. The molecule has 6 nitrogen and oxygen atoms in total. The van der Waals surface area contributed by atoms with Gasteiger partial charge in [0.15, 0.2) is 0 Å². The molecule has 8 heteroatoms. The smallest absolute Gasteiger partial charge is 0.387 e. The SMILES string of the molecule is CCNc1cc(Nc2ccccc2OC(F)F)nc(N)n1. The molecule has 112 valence electrons. The predicted octanol–water partition coefficient (Wildman–Crippen LogP) is 2.84. The summed E-state index contributed by atoms with van der Waals surface area (Å²) in [6.45, 7) is -0.321. The number of rotatable bonds is 6. The summed E-state index contributed by atoms with van der Waals surface area (Å²) in [4.78, 5) is 8.00. The number of hydrogen-bond donors (Lipinski definition) is 3. The van der Waals surface area contributed by atoms with E-state index in [0.717, 1.165) is 0 Å². The van der Waals surface area contributed by atoms with Crippen LogP contribution in [-0.2, 0) is 0 Å². The standard InChI is InChI=1S/C13H15F2N5O/c1-2-17-10-7-11(20-13(16)19-10)18-8-5-3-4-6-9(8)21-12(14)15/h3-7,12H,2H2,1H3,(H4,16,17,18,19,20). The van der Waals surface area contributed by atoms with Crippen molar-refractivity contribution in [3.05, 3.63) is 30.3 Å². The molecular formula is C13H15F2N5O. The first kappa shape index (κ1) is 14.8. The van der Waals surface area contributed by atoms with Gasteiger partial charge in [0.2, 0.25) is 5.95 Å². The quantitative estimate of drug-likeness (QED) is 0.760. The predicted molar refractivity (Wildman–Crippen MR) is 77.0 cm³/mol. The van der Waals surface area contributed by atoms with Crippen molar-refractivity contribution in [2.75, 3.05) is 22.9 Å². The maximum atomic E-state index is 12.4. The summed E-state index contributed by atoms with van der Waals surface area (Å²) in [6.07, 6.45) is 0. The van der Waals surface area contributed by atoms with E-state index in [1.165, 1.54) is 6.07 Å². The number of nitrogen functional groups attached to an aromatic ring is 1. The molecule has 2 aromatic rings. The van der Waals surface area contributed by atoms with Crippen LogP contribution in [0.15, 0.2) is 30.3 Å². The average molecular weight is 295 g/mol. The lowest BCUT2D eigenvalue weighted by Crippen LogP contribution is -2.07. The number of aromatic nitrogens is 2. The molecule has 2 rings (SSSR count). The van der Waals surface area contributed by atoms with Crippen LogP contribution >= 0.6 is 0 Å². The molecule has 1 aromatic heterocycles. The van der Waals surface area contributed by atoms with Crippen molar-refractivity contribution in [1.82, 2.24) is 9.97 Å². The Morgan fingerprint density at radius 3 is 2.67 bits per heavy atom. The summed E-state index contributed by atoms with van der Waals surface area (Å²) in [5, 5.41) is 5.89. The maximum Gasteiger partial charge on any atom is 0.387 e. The van der Waals surface area contributed by atoms with Crippen LogP contribution in [0.3, 0.4) is 0 Å². The topological polar surface area (TPSA) is 85.1 Å². The van der Waals surface area contributed by atoms with E-state index in [1.54, 1.807) is 24.3 Å². The minimum Gasteiger partial charge on any atom is -0.433 e. The molecule has 0 spiro atoms. The van der Waals surface area contributed by atoms with Gasteiger partial charge in [-0.1, -0.05) is 12.1 Å².